The Morgan fingerprint density at radius 3 is 2.00 bits per heavy atom. The first kappa shape index (κ1) is 15.9. The molecule has 2 aromatic carbocycles. The summed E-state index contributed by atoms with van der Waals surface area (Å²) in [5.74, 6) is -0.439. The van der Waals surface area contributed by atoms with Gasteiger partial charge in [0.15, 0.2) is 4.87 Å². The third-order valence-corrected chi connectivity index (χ3v) is 3.89. The van der Waals surface area contributed by atoms with Crippen LogP contribution in [0.2, 0.25) is 5.02 Å². The molecular weight excluding hydrogens is 307 g/mol. The largest absolute Gasteiger partial charge is 0.464 e. The third kappa shape index (κ3) is 3.58. The number of halogens is 2. The lowest BCUT2D eigenvalue weighted by Crippen LogP contribution is -2.28. The fourth-order valence-electron chi connectivity index (χ4n) is 2.00. The minimum Gasteiger partial charge on any atom is -0.464 e. The third-order valence-electron chi connectivity index (χ3n) is 3.26. The number of hydrogen-bond acceptors (Lipinski definition) is 2. The summed E-state index contributed by atoms with van der Waals surface area (Å²) in [5, 5.41) is 0.700. The predicted molar refractivity (Wildman–Crippen MR) is 86.7 cm³/mol. The average Bonchev–Trinajstić information content (AvgIpc) is 2.48. The average molecular weight is 323 g/mol. The van der Waals surface area contributed by atoms with E-state index >= 15 is 0 Å². The number of hydrogen-bond donors (Lipinski definition) is 0. The second-order valence-corrected chi connectivity index (χ2v) is 6.00. The van der Waals surface area contributed by atoms with Crippen molar-refractivity contribution in [2.45, 2.75) is 18.7 Å². The second kappa shape index (κ2) is 6.50. The van der Waals surface area contributed by atoms with Gasteiger partial charge in [-0.3, -0.25) is 0 Å². The van der Waals surface area contributed by atoms with Gasteiger partial charge in [-0.2, -0.15) is 0 Å². The van der Waals surface area contributed by atoms with E-state index < -0.39 is 10.8 Å². The Morgan fingerprint density at radius 2 is 1.52 bits per heavy atom. The number of rotatable bonds is 4. The molecule has 0 aromatic heterocycles. The van der Waals surface area contributed by atoms with Gasteiger partial charge >= 0.3 is 5.97 Å². The van der Waals surface area contributed by atoms with Crippen LogP contribution in [0.1, 0.15) is 19.4 Å². The highest BCUT2D eigenvalue weighted by Crippen LogP contribution is 2.32. The molecule has 0 bridgehead atoms. The van der Waals surface area contributed by atoms with Gasteiger partial charge in [0.05, 0.1) is 6.61 Å². The minimum atomic E-state index is -1.17. The monoisotopic (exact) mass is 322 g/mol. The van der Waals surface area contributed by atoms with E-state index in [0.717, 1.165) is 11.1 Å². The Bertz CT molecular complexity index is 616. The van der Waals surface area contributed by atoms with E-state index in [-0.39, 0.29) is 0 Å². The maximum Gasteiger partial charge on any atom is 0.331 e. The summed E-state index contributed by atoms with van der Waals surface area (Å²) in [6.07, 6.45) is 0. The van der Waals surface area contributed by atoms with E-state index in [0.29, 0.717) is 17.2 Å². The molecule has 1 atom stereocenters. The predicted octanol–water partition coefficient (Wildman–Crippen LogP) is 5.02. The van der Waals surface area contributed by atoms with Crippen LogP contribution in [-0.2, 0) is 14.4 Å². The summed E-state index contributed by atoms with van der Waals surface area (Å²) >= 11 is 12.2. The first-order valence-electron chi connectivity index (χ1n) is 6.67. The highest BCUT2D eigenvalue weighted by atomic mass is 35.5. The molecule has 0 aliphatic heterocycles. The summed E-state index contributed by atoms with van der Waals surface area (Å²) in [5.41, 5.74) is 2.80. The van der Waals surface area contributed by atoms with Crippen molar-refractivity contribution in [2.75, 3.05) is 6.61 Å². The highest BCUT2D eigenvalue weighted by Gasteiger charge is 2.34. The molecule has 0 saturated carbocycles. The lowest BCUT2D eigenvalue weighted by Gasteiger charge is -2.20. The fourth-order valence-corrected chi connectivity index (χ4v) is 2.31. The molecule has 0 aliphatic rings. The molecule has 4 heteroatoms. The van der Waals surface area contributed by atoms with Crippen molar-refractivity contribution in [1.82, 2.24) is 0 Å². The molecule has 110 valence electrons. The topological polar surface area (TPSA) is 26.3 Å². The van der Waals surface area contributed by atoms with Crippen LogP contribution in [0.4, 0.5) is 0 Å². The Morgan fingerprint density at radius 1 is 1.05 bits per heavy atom. The molecule has 0 amide bonds. The maximum absolute atomic E-state index is 11.9. The van der Waals surface area contributed by atoms with Crippen LogP contribution in [0.25, 0.3) is 11.1 Å². The minimum absolute atomic E-state index is 0.310. The molecule has 0 spiro atoms. The molecule has 2 nitrogen and oxygen atoms in total. The Hall–Kier alpha value is -1.51. The molecular formula is C17H16Cl2O2. The molecule has 2 aromatic rings. The van der Waals surface area contributed by atoms with Gasteiger partial charge in [-0.15, -0.1) is 11.6 Å². The van der Waals surface area contributed by atoms with Crippen molar-refractivity contribution in [3.05, 3.63) is 59.1 Å². The van der Waals surface area contributed by atoms with Gasteiger partial charge in [0.2, 0.25) is 0 Å². The summed E-state index contributed by atoms with van der Waals surface area (Å²) < 4.78 is 5.00. The van der Waals surface area contributed by atoms with Gasteiger partial charge in [-0.1, -0.05) is 48.0 Å². The van der Waals surface area contributed by atoms with E-state index in [1.807, 2.05) is 48.5 Å². The SMILES string of the molecule is CCOC(=O)C(C)(Cl)c1ccc(-c2ccc(Cl)cc2)cc1. The fraction of sp³-hybridized carbons (Fsp3) is 0.235. The first-order chi connectivity index (χ1) is 9.95. The molecule has 2 rings (SSSR count). The van der Waals surface area contributed by atoms with Gasteiger partial charge in [0, 0.05) is 5.02 Å². The van der Waals surface area contributed by atoms with Crippen LogP contribution in [-0.4, -0.2) is 12.6 Å². The Labute approximate surface area is 134 Å². The molecule has 0 fully saturated rings. The first-order valence-corrected chi connectivity index (χ1v) is 7.43. The number of ether oxygens (including phenoxy) is 1. The van der Waals surface area contributed by atoms with E-state index in [1.54, 1.807) is 13.8 Å². The van der Waals surface area contributed by atoms with E-state index in [1.165, 1.54) is 0 Å². The van der Waals surface area contributed by atoms with E-state index in [2.05, 4.69) is 0 Å². The van der Waals surface area contributed by atoms with Crippen LogP contribution >= 0.6 is 23.2 Å². The van der Waals surface area contributed by atoms with E-state index in [9.17, 15) is 4.79 Å². The van der Waals surface area contributed by atoms with Gasteiger partial charge in [-0.05, 0) is 42.7 Å². The zero-order valence-corrected chi connectivity index (χ0v) is 13.4. The maximum atomic E-state index is 11.9. The Balaban J connectivity index is 2.26. The lowest BCUT2D eigenvalue weighted by atomic mass is 9.97. The van der Waals surface area contributed by atoms with Gasteiger partial charge in [0.1, 0.15) is 0 Å². The number of esters is 1. The molecule has 0 aliphatic carbocycles. The van der Waals surface area contributed by atoms with Crippen LogP contribution in [0, 0.1) is 0 Å². The zero-order valence-electron chi connectivity index (χ0n) is 11.9. The smallest absolute Gasteiger partial charge is 0.331 e. The van der Waals surface area contributed by atoms with Crippen molar-refractivity contribution in [3.63, 3.8) is 0 Å². The highest BCUT2D eigenvalue weighted by molar-refractivity contribution is 6.33. The molecule has 0 saturated heterocycles. The molecule has 1 unspecified atom stereocenters. The molecule has 21 heavy (non-hydrogen) atoms. The number of carbonyl (C=O) groups is 1. The number of carbonyl (C=O) groups excluding carboxylic acids is 1. The normalized spacial score (nSPS) is 13.5. The van der Waals surface area contributed by atoms with Gasteiger partial charge in [-0.25, -0.2) is 4.79 Å². The van der Waals surface area contributed by atoms with Crippen LogP contribution in [0.5, 0.6) is 0 Å². The number of benzene rings is 2. The molecule has 0 N–H and O–H groups in total. The van der Waals surface area contributed by atoms with Crippen molar-refractivity contribution in [2.24, 2.45) is 0 Å². The lowest BCUT2D eigenvalue weighted by molar-refractivity contribution is -0.146. The van der Waals surface area contributed by atoms with Crippen LogP contribution < -0.4 is 0 Å². The van der Waals surface area contributed by atoms with E-state index in [4.69, 9.17) is 27.9 Å². The molecule has 0 radical (unpaired) electrons. The van der Waals surface area contributed by atoms with Crippen molar-refractivity contribution >= 4 is 29.2 Å². The number of alkyl halides is 1. The quantitative estimate of drug-likeness (QED) is 0.583. The van der Waals surface area contributed by atoms with Gasteiger partial charge < -0.3 is 4.74 Å². The standard InChI is InChI=1S/C17H16Cl2O2/c1-3-21-16(20)17(2,19)14-8-4-12(5-9-14)13-6-10-15(18)11-7-13/h4-11H,3H2,1-2H3. The van der Waals surface area contributed by atoms with Crippen molar-refractivity contribution < 1.29 is 9.53 Å². The second-order valence-electron chi connectivity index (χ2n) is 4.81. The zero-order chi connectivity index (χ0) is 15.5. The Kier molecular flexibility index (Phi) is 4.92. The van der Waals surface area contributed by atoms with Crippen LogP contribution in [0.15, 0.2) is 48.5 Å². The van der Waals surface area contributed by atoms with Gasteiger partial charge in [0.25, 0.3) is 0 Å². The van der Waals surface area contributed by atoms with Crippen molar-refractivity contribution in [3.8, 4) is 11.1 Å². The summed E-state index contributed by atoms with van der Waals surface area (Å²) in [4.78, 5) is 10.7. The summed E-state index contributed by atoms with van der Waals surface area (Å²) in [6.45, 7) is 3.71. The molecule has 0 heterocycles. The summed E-state index contributed by atoms with van der Waals surface area (Å²) in [7, 11) is 0. The van der Waals surface area contributed by atoms with Crippen LogP contribution in [0.3, 0.4) is 0 Å². The van der Waals surface area contributed by atoms with Crippen molar-refractivity contribution in [1.29, 1.82) is 0 Å². The summed E-state index contributed by atoms with van der Waals surface area (Å²) in [6, 6.07) is 15.1.